The van der Waals surface area contributed by atoms with Crippen LogP contribution in [0.5, 0.6) is 0 Å². The summed E-state index contributed by atoms with van der Waals surface area (Å²) in [4.78, 5) is 26.2. The molecule has 0 radical (unpaired) electrons. The van der Waals surface area contributed by atoms with E-state index in [0.717, 1.165) is 36.8 Å². The highest BCUT2D eigenvalue weighted by Crippen LogP contribution is 2.14. The van der Waals surface area contributed by atoms with Crippen LogP contribution in [0, 0.1) is 0 Å². The van der Waals surface area contributed by atoms with E-state index in [1.54, 1.807) is 6.33 Å². The maximum atomic E-state index is 11.8. The van der Waals surface area contributed by atoms with Crippen LogP contribution < -0.4 is 5.56 Å². The average Bonchev–Trinajstić information content (AvgIpc) is 2.66. The van der Waals surface area contributed by atoms with Crippen molar-refractivity contribution in [3.8, 4) is 0 Å². The lowest BCUT2D eigenvalue weighted by Gasteiger charge is -2.04. The van der Waals surface area contributed by atoms with Gasteiger partial charge in [0.05, 0.1) is 12.0 Å². The Morgan fingerprint density at radius 3 is 3.14 bits per heavy atom. The fourth-order valence-electron chi connectivity index (χ4n) is 1.82. The molecule has 0 atom stereocenters. The predicted octanol–water partition coefficient (Wildman–Crippen LogP) is 0.321. The summed E-state index contributed by atoms with van der Waals surface area (Å²) in [6.45, 7) is 0.447. The molecule has 0 saturated heterocycles. The van der Waals surface area contributed by atoms with Gasteiger partial charge in [-0.15, -0.1) is 0 Å². The Hall–Kier alpha value is -1.45. The van der Waals surface area contributed by atoms with E-state index in [0.29, 0.717) is 13.0 Å². The molecule has 1 aliphatic carbocycles. The first-order chi connectivity index (χ1) is 6.83. The largest absolute Gasteiger partial charge is 0.303 e. The molecule has 0 amide bonds. The molecule has 1 heterocycles. The monoisotopic (exact) mass is 192 g/mol. The number of nitrogens with zero attached hydrogens (tertiary/aromatic N) is 2. The number of carbonyl (C=O) groups excluding carboxylic acids is 1. The highest BCUT2D eigenvalue weighted by atomic mass is 16.1. The van der Waals surface area contributed by atoms with E-state index in [9.17, 15) is 9.59 Å². The molecule has 0 bridgehead atoms. The molecule has 1 aromatic rings. The van der Waals surface area contributed by atoms with Gasteiger partial charge in [0.1, 0.15) is 6.29 Å². The second kappa shape index (κ2) is 3.74. The standard InChI is InChI=1S/C10H12N2O2/c13-6-2-5-12-7-11-9-4-1-3-8(9)10(12)14/h6-7H,1-5H2. The van der Waals surface area contributed by atoms with Gasteiger partial charge in [-0.05, 0) is 19.3 Å². The summed E-state index contributed by atoms with van der Waals surface area (Å²) >= 11 is 0. The van der Waals surface area contributed by atoms with Gasteiger partial charge in [-0.1, -0.05) is 0 Å². The van der Waals surface area contributed by atoms with Gasteiger partial charge in [0.15, 0.2) is 0 Å². The zero-order valence-corrected chi connectivity index (χ0v) is 7.90. The number of hydrogen-bond donors (Lipinski definition) is 0. The first kappa shape index (κ1) is 9.12. The summed E-state index contributed by atoms with van der Waals surface area (Å²) in [6, 6.07) is 0. The molecule has 1 aliphatic rings. The van der Waals surface area contributed by atoms with Crippen LogP contribution in [0.15, 0.2) is 11.1 Å². The molecule has 4 heteroatoms. The number of aromatic nitrogens is 2. The van der Waals surface area contributed by atoms with Gasteiger partial charge in [-0.2, -0.15) is 0 Å². The molecule has 0 unspecified atom stereocenters. The van der Waals surface area contributed by atoms with Crippen molar-refractivity contribution in [2.75, 3.05) is 0 Å². The van der Waals surface area contributed by atoms with Gasteiger partial charge >= 0.3 is 0 Å². The Balaban J connectivity index is 2.35. The van der Waals surface area contributed by atoms with Gasteiger partial charge in [0.2, 0.25) is 0 Å². The number of carbonyl (C=O) groups is 1. The van der Waals surface area contributed by atoms with Gasteiger partial charge in [-0.25, -0.2) is 4.98 Å². The SMILES string of the molecule is O=CCCn1cnc2c(c1=O)CCC2. The Labute approximate surface area is 81.6 Å². The fourth-order valence-corrected chi connectivity index (χ4v) is 1.82. The minimum Gasteiger partial charge on any atom is -0.303 e. The van der Waals surface area contributed by atoms with E-state index in [2.05, 4.69) is 4.98 Å². The zero-order valence-electron chi connectivity index (χ0n) is 7.90. The summed E-state index contributed by atoms with van der Waals surface area (Å²) in [7, 11) is 0. The third-order valence-corrected chi connectivity index (χ3v) is 2.55. The molecular formula is C10H12N2O2. The summed E-state index contributed by atoms with van der Waals surface area (Å²) in [6.07, 6.45) is 5.52. The number of rotatable bonds is 3. The Morgan fingerprint density at radius 2 is 2.36 bits per heavy atom. The van der Waals surface area contributed by atoms with Crippen LogP contribution in [0.3, 0.4) is 0 Å². The van der Waals surface area contributed by atoms with Crippen LogP contribution in [0.4, 0.5) is 0 Å². The molecule has 0 aliphatic heterocycles. The van der Waals surface area contributed by atoms with E-state index in [-0.39, 0.29) is 5.56 Å². The van der Waals surface area contributed by atoms with E-state index in [1.165, 1.54) is 4.57 Å². The van der Waals surface area contributed by atoms with Crippen LogP contribution in [-0.4, -0.2) is 15.8 Å². The summed E-state index contributed by atoms with van der Waals surface area (Å²) < 4.78 is 1.53. The normalized spacial score (nSPS) is 14.0. The number of aryl methyl sites for hydroxylation is 2. The smallest absolute Gasteiger partial charge is 0.256 e. The van der Waals surface area contributed by atoms with Crippen molar-refractivity contribution in [3.63, 3.8) is 0 Å². The number of hydrogen-bond acceptors (Lipinski definition) is 3. The first-order valence-corrected chi connectivity index (χ1v) is 4.84. The van der Waals surface area contributed by atoms with Crippen LogP contribution in [0.1, 0.15) is 24.1 Å². The van der Waals surface area contributed by atoms with Crippen LogP contribution >= 0.6 is 0 Å². The van der Waals surface area contributed by atoms with Crippen molar-refractivity contribution < 1.29 is 4.79 Å². The highest BCUT2D eigenvalue weighted by Gasteiger charge is 2.16. The minimum absolute atomic E-state index is 0.0364. The van der Waals surface area contributed by atoms with Gasteiger partial charge < -0.3 is 4.79 Å². The summed E-state index contributed by atoms with van der Waals surface area (Å²) in [5.41, 5.74) is 1.82. The van der Waals surface area contributed by atoms with Crippen LogP contribution in [-0.2, 0) is 24.2 Å². The van der Waals surface area contributed by atoms with Gasteiger partial charge in [0, 0.05) is 18.5 Å². The predicted molar refractivity (Wildman–Crippen MR) is 51.2 cm³/mol. The molecule has 0 spiro atoms. The maximum absolute atomic E-state index is 11.8. The lowest BCUT2D eigenvalue weighted by atomic mass is 10.2. The lowest BCUT2D eigenvalue weighted by molar-refractivity contribution is -0.108. The second-order valence-electron chi connectivity index (χ2n) is 3.48. The average molecular weight is 192 g/mol. The fraction of sp³-hybridized carbons (Fsp3) is 0.500. The van der Waals surface area contributed by atoms with E-state index in [1.807, 2.05) is 0 Å². The molecule has 0 saturated carbocycles. The molecule has 0 fully saturated rings. The Kier molecular flexibility index (Phi) is 2.43. The first-order valence-electron chi connectivity index (χ1n) is 4.84. The maximum Gasteiger partial charge on any atom is 0.256 e. The molecule has 74 valence electrons. The van der Waals surface area contributed by atoms with Crippen molar-refractivity contribution in [2.24, 2.45) is 0 Å². The minimum atomic E-state index is 0.0364. The second-order valence-corrected chi connectivity index (χ2v) is 3.48. The van der Waals surface area contributed by atoms with E-state index < -0.39 is 0 Å². The van der Waals surface area contributed by atoms with Gasteiger partial charge in [-0.3, -0.25) is 9.36 Å². The van der Waals surface area contributed by atoms with Crippen molar-refractivity contribution >= 4 is 6.29 Å². The van der Waals surface area contributed by atoms with Crippen LogP contribution in [0.2, 0.25) is 0 Å². The molecule has 4 nitrogen and oxygen atoms in total. The quantitative estimate of drug-likeness (QED) is 0.648. The molecule has 0 aromatic carbocycles. The molecule has 0 N–H and O–H groups in total. The lowest BCUT2D eigenvalue weighted by Crippen LogP contribution is -2.24. The topological polar surface area (TPSA) is 52.0 Å². The Bertz CT molecular complexity index is 409. The molecule has 14 heavy (non-hydrogen) atoms. The highest BCUT2D eigenvalue weighted by molar-refractivity contribution is 5.48. The molecule has 1 aromatic heterocycles. The van der Waals surface area contributed by atoms with E-state index in [4.69, 9.17) is 0 Å². The third-order valence-electron chi connectivity index (χ3n) is 2.55. The van der Waals surface area contributed by atoms with E-state index >= 15 is 0 Å². The van der Waals surface area contributed by atoms with Crippen molar-refractivity contribution in [1.29, 1.82) is 0 Å². The van der Waals surface area contributed by atoms with Crippen LogP contribution in [0.25, 0.3) is 0 Å². The third kappa shape index (κ3) is 1.47. The molecular weight excluding hydrogens is 180 g/mol. The van der Waals surface area contributed by atoms with Crippen molar-refractivity contribution in [3.05, 3.63) is 27.9 Å². The summed E-state index contributed by atoms with van der Waals surface area (Å²) in [5, 5.41) is 0. The Morgan fingerprint density at radius 1 is 1.50 bits per heavy atom. The van der Waals surface area contributed by atoms with Crippen molar-refractivity contribution in [2.45, 2.75) is 32.2 Å². The zero-order chi connectivity index (χ0) is 9.97. The van der Waals surface area contributed by atoms with Crippen molar-refractivity contribution in [1.82, 2.24) is 9.55 Å². The molecule has 2 rings (SSSR count). The number of fused-ring (bicyclic) bond motifs is 1. The number of aldehydes is 1. The summed E-state index contributed by atoms with van der Waals surface area (Å²) in [5.74, 6) is 0. The van der Waals surface area contributed by atoms with Gasteiger partial charge in [0.25, 0.3) is 5.56 Å².